The number of hydrogen-bond acceptors (Lipinski definition) is 3. The van der Waals surface area contributed by atoms with E-state index >= 15 is 0 Å². The summed E-state index contributed by atoms with van der Waals surface area (Å²) in [5.74, 6) is 0.565. The molecule has 3 N–H and O–H groups in total. The normalized spacial score (nSPS) is 10.8. The van der Waals surface area contributed by atoms with Gasteiger partial charge in [0.15, 0.2) is 0 Å². The highest BCUT2D eigenvalue weighted by molar-refractivity contribution is 7.80. The van der Waals surface area contributed by atoms with Crippen LogP contribution in [-0.4, -0.2) is 42.5 Å². The molecule has 0 saturated heterocycles. The van der Waals surface area contributed by atoms with Crippen LogP contribution in [0.15, 0.2) is 0 Å². The van der Waals surface area contributed by atoms with Crippen LogP contribution in [0.25, 0.3) is 0 Å². The molecular weight excluding hydrogens is 222 g/mol. The predicted molar refractivity (Wildman–Crippen MR) is 71.4 cm³/mol. The molecule has 0 atom stereocenters. The number of thiocarbonyl (C=S) groups is 1. The second-order valence-electron chi connectivity index (χ2n) is 4.51. The average molecular weight is 245 g/mol. The molecule has 0 spiro atoms. The van der Waals surface area contributed by atoms with E-state index in [1.807, 2.05) is 11.9 Å². The molecule has 0 radical (unpaired) electrons. The van der Waals surface area contributed by atoms with Crippen LogP contribution in [-0.2, 0) is 4.79 Å². The van der Waals surface area contributed by atoms with Crippen LogP contribution in [0.3, 0.4) is 0 Å². The second kappa shape index (κ2) is 8.47. The SMILES string of the molecule is CC(C)CNC(=O)CN(C)CCCC(N)=S. The Morgan fingerprint density at radius 3 is 2.62 bits per heavy atom. The molecule has 0 saturated carbocycles. The van der Waals surface area contributed by atoms with Crippen LogP contribution >= 0.6 is 12.2 Å². The van der Waals surface area contributed by atoms with E-state index in [-0.39, 0.29) is 5.91 Å². The minimum atomic E-state index is 0.0755. The van der Waals surface area contributed by atoms with Crippen molar-refractivity contribution in [3.05, 3.63) is 0 Å². The molecule has 0 bridgehead atoms. The maximum atomic E-state index is 11.5. The van der Waals surface area contributed by atoms with Gasteiger partial charge in [0.1, 0.15) is 0 Å². The number of rotatable bonds is 8. The third-order valence-corrected chi connectivity index (χ3v) is 2.29. The monoisotopic (exact) mass is 245 g/mol. The van der Waals surface area contributed by atoms with Crippen molar-refractivity contribution < 1.29 is 4.79 Å². The van der Waals surface area contributed by atoms with E-state index in [1.54, 1.807) is 0 Å². The van der Waals surface area contributed by atoms with Crippen LogP contribution in [0.4, 0.5) is 0 Å². The molecule has 0 aliphatic rings. The van der Waals surface area contributed by atoms with Gasteiger partial charge in [-0.3, -0.25) is 9.69 Å². The lowest BCUT2D eigenvalue weighted by Gasteiger charge is -2.16. The lowest BCUT2D eigenvalue weighted by molar-refractivity contribution is -0.122. The molecule has 94 valence electrons. The molecule has 4 nitrogen and oxygen atoms in total. The lowest BCUT2D eigenvalue weighted by Crippen LogP contribution is -2.37. The van der Waals surface area contributed by atoms with Crippen molar-refractivity contribution in [2.45, 2.75) is 26.7 Å². The van der Waals surface area contributed by atoms with Gasteiger partial charge in [0.25, 0.3) is 0 Å². The topological polar surface area (TPSA) is 58.4 Å². The standard InChI is InChI=1S/C11H23N3OS/c1-9(2)7-13-11(15)8-14(3)6-4-5-10(12)16/h9H,4-8H2,1-3H3,(H2,12,16)(H,13,15). The first-order valence-corrected chi connectivity index (χ1v) is 6.06. The third kappa shape index (κ3) is 9.86. The van der Waals surface area contributed by atoms with Crippen molar-refractivity contribution in [1.29, 1.82) is 0 Å². The molecule has 5 heteroatoms. The average Bonchev–Trinajstić information content (AvgIpc) is 2.14. The van der Waals surface area contributed by atoms with Gasteiger partial charge in [-0.05, 0) is 32.4 Å². The van der Waals surface area contributed by atoms with Gasteiger partial charge < -0.3 is 11.1 Å². The third-order valence-electron chi connectivity index (χ3n) is 2.08. The Balaban J connectivity index is 3.57. The number of nitrogens with zero attached hydrogens (tertiary/aromatic N) is 1. The first-order chi connectivity index (χ1) is 7.41. The Bertz CT molecular complexity index is 231. The quantitative estimate of drug-likeness (QED) is 0.620. The molecule has 0 fully saturated rings. The first kappa shape index (κ1) is 15.3. The van der Waals surface area contributed by atoms with Crippen molar-refractivity contribution in [3.63, 3.8) is 0 Å². The summed E-state index contributed by atoms with van der Waals surface area (Å²) in [6.07, 6.45) is 1.65. The minimum Gasteiger partial charge on any atom is -0.393 e. The van der Waals surface area contributed by atoms with Gasteiger partial charge in [-0.25, -0.2) is 0 Å². The van der Waals surface area contributed by atoms with E-state index in [2.05, 4.69) is 19.2 Å². The summed E-state index contributed by atoms with van der Waals surface area (Å²) in [5, 5.41) is 2.88. The van der Waals surface area contributed by atoms with Crippen molar-refractivity contribution in [2.24, 2.45) is 11.7 Å². The van der Waals surface area contributed by atoms with E-state index in [0.29, 0.717) is 17.5 Å². The van der Waals surface area contributed by atoms with Crippen LogP contribution in [0.1, 0.15) is 26.7 Å². The van der Waals surface area contributed by atoms with E-state index in [4.69, 9.17) is 18.0 Å². The zero-order valence-electron chi connectivity index (χ0n) is 10.5. The van der Waals surface area contributed by atoms with E-state index in [0.717, 1.165) is 25.9 Å². The Hall–Kier alpha value is -0.680. The zero-order valence-corrected chi connectivity index (χ0v) is 11.3. The van der Waals surface area contributed by atoms with E-state index in [9.17, 15) is 4.79 Å². The maximum Gasteiger partial charge on any atom is 0.234 e. The molecule has 16 heavy (non-hydrogen) atoms. The second-order valence-corrected chi connectivity index (χ2v) is 5.03. The Morgan fingerprint density at radius 1 is 1.50 bits per heavy atom. The molecule has 0 rings (SSSR count). The van der Waals surface area contributed by atoms with Gasteiger partial charge in [-0.15, -0.1) is 0 Å². The summed E-state index contributed by atoms with van der Waals surface area (Å²) in [7, 11) is 1.93. The molecule has 0 aromatic rings. The Labute approximate surface area is 104 Å². The summed E-state index contributed by atoms with van der Waals surface area (Å²) in [6, 6.07) is 0. The molecule has 0 heterocycles. The number of carbonyl (C=O) groups is 1. The summed E-state index contributed by atoms with van der Waals surface area (Å²) < 4.78 is 0. The minimum absolute atomic E-state index is 0.0755. The fourth-order valence-corrected chi connectivity index (χ4v) is 1.37. The molecular formula is C11H23N3OS. The summed E-state index contributed by atoms with van der Waals surface area (Å²) >= 11 is 4.79. The van der Waals surface area contributed by atoms with Crippen molar-refractivity contribution >= 4 is 23.1 Å². The van der Waals surface area contributed by atoms with Crippen LogP contribution in [0.2, 0.25) is 0 Å². The van der Waals surface area contributed by atoms with E-state index in [1.165, 1.54) is 0 Å². The van der Waals surface area contributed by atoms with E-state index < -0.39 is 0 Å². The number of likely N-dealkylation sites (N-methyl/N-ethyl adjacent to an activating group) is 1. The fourth-order valence-electron chi connectivity index (χ4n) is 1.22. The molecule has 0 aromatic heterocycles. The van der Waals surface area contributed by atoms with Crippen LogP contribution in [0, 0.1) is 5.92 Å². The van der Waals surface area contributed by atoms with Crippen molar-refractivity contribution in [1.82, 2.24) is 10.2 Å². The molecule has 0 unspecified atom stereocenters. The van der Waals surface area contributed by atoms with Gasteiger partial charge in [-0.2, -0.15) is 0 Å². The smallest absolute Gasteiger partial charge is 0.234 e. The Kier molecular flexibility index (Phi) is 8.11. The number of carbonyl (C=O) groups excluding carboxylic acids is 1. The zero-order chi connectivity index (χ0) is 12.6. The number of nitrogens with two attached hydrogens (primary N) is 1. The van der Waals surface area contributed by atoms with Crippen LogP contribution in [0.5, 0.6) is 0 Å². The first-order valence-electron chi connectivity index (χ1n) is 5.65. The summed E-state index contributed by atoms with van der Waals surface area (Å²) in [4.78, 5) is 14.0. The van der Waals surface area contributed by atoms with Crippen molar-refractivity contribution in [3.8, 4) is 0 Å². The highest BCUT2D eigenvalue weighted by atomic mass is 32.1. The summed E-state index contributed by atoms with van der Waals surface area (Å²) in [5.41, 5.74) is 5.39. The van der Waals surface area contributed by atoms with Crippen LogP contribution < -0.4 is 11.1 Å². The molecule has 1 amide bonds. The summed E-state index contributed by atoms with van der Waals surface area (Å²) in [6.45, 7) is 6.16. The predicted octanol–water partition coefficient (Wildman–Crippen LogP) is 0.757. The fraction of sp³-hybridized carbons (Fsp3) is 0.818. The van der Waals surface area contributed by atoms with Gasteiger partial charge in [-0.1, -0.05) is 26.1 Å². The van der Waals surface area contributed by atoms with Crippen molar-refractivity contribution in [2.75, 3.05) is 26.7 Å². The molecule has 0 aliphatic carbocycles. The van der Waals surface area contributed by atoms with Gasteiger partial charge >= 0.3 is 0 Å². The van der Waals surface area contributed by atoms with Gasteiger partial charge in [0.2, 0.25) is 5.91 Å². The van der Waals surface area contributed by atoms with Gasteiger partial charge in [0.05, 0.1) is 11.5 Å². The molecule has 0 aromatic carbocycles. The highest BCUT2D eigenvalue weighted by Gasteiger charge is 2.06. The number of hydrogen-bond donors (Lipinski definition) is 2. The Morgan fingerprint density at radius 2 is 2.12 bits per heavy atom. The lowest BCUT2D eigenvalue weighted by atomic mass is 10.2. The highest BCUT2D eigenvalue weighted by Crippen LogP contribution is 1.93. The molecule has 0 aliphatic heterocycles. The number of amides is 1. The number of nitrogens with one attached hydrogen (secondary N) is 1. The largest absolute Gasteiger partial charge is 0.393 e. The maximum absolute atomic E-state index is 11.5. The van der Waals surface area contributed by atoms with Gasteiger partial charge in [0, 0.05) is 6.54 Å².